The molecular weight excluding hydrogens is 392 g/mol. The van der Waals surface area contributed by atoms with Crippen molar-refractivity contribution in [3.63, 3.8) is 0 Å². The van der Waals surface area contributed by atoms with Crippen LogP contribution in [0.2, 0.25) is 0 Å². The molecule has 3 aromatic heterocycles. The number of morpholine rings is 1. The molecule has 3 aromatic rings. The van der Waals surface area contributed by atoms with Gasteiger partial charge in [0.05, 0.1) is 36.8 Å². The molecular formula is C23H26N6O2. The van der Waals surface area contributed by atoms with Crippen molar-refractivity contribution in [1.29, 1.82) is 0 Å². The van der Waals surface area contributed by atoms with E-state index in [9.17, 15) is 4.79 Å². The first-order valence-corrected chi connectivity index (χ1v) is 10.9. The number of nitrogens with one attached hydrogen (secondary N) is 1. The monoisotopic (exact) mass is 418 g/mol. The van der Waals surface area contributed by atoms with Crippen molar-refractivity contribution in [3.05, 3.63) is 43.1 Å². The van der Waals surface area contributed by atoms with Crippen molar-refractivity contribution < 1.29 is 9.53 Å². The van der Waals surface area contributed by atoms with Gasteiger partial charge in [0.1, 0.15) is 5.82 Å². The number of nitrogens with zero attached hydrogens (tertiary/aromatic N) is 5. The number of pyridine rings is 2. The summed E-state index contributed by atoms with van der Waals surface area (Å²) < 4.78 is 5.46. The average molecular weight is 419 g/mol. The Morgan fingerprint density at radius 2 is 1.81 bits per heavy atom. The Bertz CT molecular complexity index is 1050. The minimum absolute atomic E-state index is 0.0406. The summed E-state index contributed by atoms with van der Waals surface area (Å²) in [6, 6.07) is 4.45. The Labute approximate surface area is 181 Å². The Morgan fingerprint density at radius 3 is 2.58 bits per heavy atom. The molecule has 0 spiro atoms. The van der Waals surface area contributed by atoms with Crippen LogP contribution in [0.5, 0.6) is 0 Å². The van der Waals surface area contributed by atoms with Gasteiger partial charge in [0.15, 0.2) is 0 Å². The molecule has 0 unspecified atom stereocenters. The number of amides is 1. The number of aromatic nitrogens is 4. The maximum atomic E-state index is 12.9. The van der Waals surface area contributed by atoms with Crippen LogP contribution < -0.4 is 5.32 Å². The summed E-state index contributed by atoms with van der Waals surface area (Å²) in [6.07, 6.45) is 12.4. The molecule has 8 heteroatoms. The number of rotatable bonds is 4. The zero-order chi connectivity index (χ0) is 21.0. The van der Waals surface area contributed by atoms with Crippen molar-refractivity contribution in [2.24, 2.45) is 5.92 Å². The summed E-state index contributed by atoms with van der Waals surface area (Å²) in [6.45, 7) is 3.66. The minimum atomic E-state index is 0.0406. The fourth-order valence-electron chi connectivity index (χ4n) is 4.56. The van der Waals surface area contributed by atoms with E-state index in [1.54, 1.807) is 31.0 Å². The SMILES string of the molecule is O=C(Nc1cc2cc(-c3cnccn3)cnc2cn1)[C@H]1CC[C@H](N2CCOCC2)CC1. The molecule has 1 saturated heterocycles. The molecule has 0 atom stereocenters. The fourth-order valence-corrected chi connectivity index (χ4v) is 4.56. The lowest BCUT2D eigenvalue weighted by Gasteiger charge is -2.38. The number of carbonyl (C=O) groups is 1. The van der Waals surface area contributed by atoms with Crippen LogP contribution in [0.4, 0.5) is 5.82 Å². The van der Waals surface area contributed by atoms with Gasteiger partial charge in [0.2, 0.25) is 5.91 Å². The van der Waals surface area contributed by atoms with Gasteiger partial charge in [-0.1, -0.05) is 0 Å². The third-order valence-electron chi connectivity index (χ3n) is 6.31. The normalized spacial score (nSPS) is 22.3. The first kappa shape index (κ1) is 20.0. The second kappa shape index (κ2) is 9.03. The smallest absolute Gasteiger partial charge is 0.228 e. The van der Waals surface area contributed by atoms with E-state index in [1.165, 1.54) is 0 Å². The molecule has 2 aliphatic rings. The minimum Gasteiger partial charge on any atom is -0.379 e. The molecule has 160 valence electrons. The van der Waals surface area contributed by atoms with E-state index in [2.05, 4.69) is 30.2 Å². The number of hydrogen-bond acceptors (Lipinski definition) is 7. The Hall–Kier alpha value is -2.97. The van der Waals surface area contributed by atoms with E-state index < -0.39 is 0 Å². The quantitative estimate of drug-likeness (QED) is 0.696. The number of fused-ring (bicyclic) bond motifs is 1. The molecule has 0 bridgehead atoms. The summed E-state index contributed by atoms with van der Waals surface area (Å²) in [5.74, 6) is 0.662. The second-order valence-electron chi connectivity index (χ2n) is 8.22. The van der Waals surface area contributed by atoms with Crippen molar-refractivity contribution >= 4 is 22.6 Å². The van der Waals surface area contributed by atoms with Gasteiger partial charge >= 0.3 is 0 Å². The van der Waals surface area contributed by atoms with Crippen molar-refractivity contribution in [2.75, 3.05) is 31.6 Å². The van der Waals surface area contributed by atoms with Crippen LogP contribution in [0.25, 0.3) is 22.2 Å². The van der Waals surface area contributed by atoms with E-state index in [0.717, 1.165) is 74.1 Å². The molecule has 5 rings (SSSR count). The van der Waals surface area contributed by atoms with Crippen LogP contribution in [0, 0.1) is 5.92 Å². The molecule has 1 N–H and O–H groups in total. The van der Waals surface area contributed by atoms with Gasteiger partial charge in [0.25, 0.3) is 0 Å². The Balaban J connectivity index is 1.24. The van der Waals surface area contributed by atoms with Crippen molar-refractivity contribution in [2.45, 2.75) is 31.7 Å². The van der Waals surface area contributed by atoms with Crippen LogP contribution >= 0.6 is 0 Å². The topological polar surface area (TPSA) is 93.1 Å². The first-order valence-electron chi connectivity index (χ1n) is 10.9. The summed E-state index contributed by atoms with van der Waals surface area (Å²) in [5.41, 5.74) is 2.42. The van der Waals surface area contributed by atoms with E-state index in [0.29, 0.717) is 11.9 Å². The van der Waals surface area contributed by atoms with Crippen LogP contribution in [0.15, 0.2) is 43.1 Å². The molecule has 1 amide bonds. The molecule has 1 saturated carbocycles. The van der Waals surface area contributed by atoms with E-state index in [-0.39, 0.29) is 11.8 Å². The second-order valence-corrected chi connectivity index (χ2v) is 8.22. The van der Waals surface area contributed by atoms with Gasteiger partial charge in [-0.3, -0.25) is 24.6 Å². The van der Waals surface area contributed by atoms with Gasteiger partial charge in [-0.25, -0.2) is 4.98 Å². The number of anilines is 1. The standard InChI is InChI=1S/C23H26N6O2/c30-23(16-1-3-19(4-2-16)29-7-9-31-10-8-29)28-22-12-17-11-18(13-26-21(17)15-27-22)20-14-24-5-6-25-20/h5-6,11-16,19H,1-4,7-10H2,(H,27,28,30)/t16-,19-. The van der Waals surface area contributed by atoms with E-state index in [4.69, 9.17) is 4.74 Å². The number of hydrogen-bond donors (Lipinski definition) is 1. The maximum Gasteiger partial charge on any atom is 0.228 e. The van der Waals surface area contributed by atoms with Gasteiger partial charge < -0.3 is 10.1 Å². The molecule has 0 radical (unpaired) electrons. The summed E-state index contributed by atoms with van der Waals surface area (Å²) in [5, 5.41) is 3.92. The fraction of sp³-hybridized carbons (Fsp3) is 0.435. The molecule has 4 heterocycles. The highest BCUT2D eigenvalue weighted by Crippen LogP contribution is 2.29. The number of carbonyl (C=O) groups excluding carboxylic acids is 1. The zero-order valence-electron chi connectivity index (χ0n) is 17.4. The zero-order valence-corrected chi connectivity index (χ0v) is 17.4. The van der Waals surface area contributed by atoms with E-state index in [1.807, 2.05) is 12.1 Å². The third-order valence-corrected chi connectivity index (χ3v) is 6.31. The lowest BCUT2D eigenvalue weighted by Crippen LogP contribution is -2.45. The Kier molecular flexibility index (Phi) is 5.82. The maximum absolute atomic E-state index is 12.9. The van der Waals surface area contributed by atoms with Gasteiger partial charge in [-0.2, -0.15) is 0 Å². The first-order chi connectivity index (χ1) is 15.3. The van der Waals surface area contributed by atoms with Crippen molar-refractivity contribution in [1.82, 2.24) is 24.8 Å². The molecule has 31 heavy (non-hydrogen) atoms. The van der Waals surface area contributed by atoms with Crippen molar-refractivity contribution in [3.8, 4) is 11.3 Å². The Morgan fingerprint density at radius 1 is 0.968 bits per heavy atom. The molecule has 2 fully saturated rings. The van der Waals surface area contributed by atoms with Crippen LogP contribution in [0.1, 0.15) is 25.7 Å². The van der Waals surface area contributed by atoms with Gasteiger partial charge in [0, 0.05) is 54.6 Å². The molecule has 8 nitrogen and oxygen atoms in total. The molecule has 1 aliphatic heterocycles. The summed E-state index contributed by atoms with van der Waals surface area (Å²) >= 11 is 0. The summed E-state index contributed by atoms with van der Waals surface area (Å²) in [4.78, 5) is 32.7. The van der Waals surface area contributed by atoms with Crippen LogP contribution in [-0.2, 0) is 9.53 Å². The highest BCUT2D eigenvalue weighted by atomic mass is 16.5. The largest absolute Gasteiger partial charge is 0.379 e. The average Bonchev–Trinajstić information content (AvgIpc) is 2.85. The summed E-state index contributed by atoms with van der Waals surface area (Å²) in [7, 11) is 0. The highest BCUT2D eigenvalue weighted by Gasteiger charge is 2.30. The van der Waals surface area contributed by atoms with Crippen LogP contribution in [0.3, 0.4) is 0 Å². The van der Waals surface area contributed by atoms with Gasteiger partial charge in [-0.15, -0.1) is 0 Å². The van der Waals surface area contributed by atoms with Crippen LogP contribution in [-0.4, -0.2) is 63.1 Å². The molecule has 1 aliphatic carbocycles. The number of ether oxygens (including phenoxy) is 1. The lowest BCUT2D eigenvalue weighted by molar-refractivity contribution is -0.121. The predicted molar refractivity (Wildman–Crippen MR) is 117 cm³/mol. The lowest BCUT2D eigenvalue weighted by atomic mass is 9.84. The third kappa shape index (κ3) is 4.55. The predicted octanol–water partition coefficient (Wildman–Crippen LogP) is 2.92. The molecule has 0 aromatic carbocycles. The highest BCUT2D eigenvalue weighted by molar-refractivity contribution is 5.94. The van der Waals surface area contributed by atoms with Gasteiger partial charge in [-0.05, 0) is 37.8 Å². The van der Waals surface area contributed by atoms with E-state index >= 15 is 0 Å².